The zero-order valence-corrected chi connectivity index (χ0v) is 22.7. The van der Waals surface area contributed by atoms with Gasteiger partial charge in [0.25, 0.3) is 0 Å². The molecular formula is C27H35N5O3S. The Hall–Kier alpha value is -3.38. The molecule has 3 amide bonds. The minimum absolute atomic E-state index is 0.110. The van der Waals surface area contributed by atoms with Gasteiger partial charge in [-0.25, -0.2) is 9.78 Å². The average molecular weight is 510 g/mol. The SMILES string of the molecule is CC/C=C/C(C#N)=C(\C=C(/C)NC(=O)N1CCCc2cc(CN(C)C(C)=O)c(C=O)nc21)SC(C)C. The Balaban J connectivity index is 2.35. The van der Waals surface area contributed by atoms with Gasteiger partial charge in [0.05, 0.1) is 5.57 Å². The van der Waals surface area contributed by atoms with Gasteiger partial charge in [0, 0.05) is 48.5 Å². The number of aryl methyl sites for hydroxylation is 1. The van der Waals surface area contributed by atoms with E-state index in [1.54, 1.807) is 30.6 Å². The third-order valence-electron chi connectivity index (χ3n) is 5.50. The highest BCUT2D eigenvalue weighted by atomic mass is 32.2. The van der Waals surface area contributed by atoms with Gasteiger partial charge in [0.1, 0.15) is 17.6 Å². The van der Waals surface area contributed by atoms with Crippen LogP contribution in [0, 0.1) is 11.3 Å². The number of nitriles is 1. The first-order valence-corrected chi connectivity index (χ1v) is 12.9. The summed E-state index contributed by atoms with van der Waals surface area (Å²) in [4.78, 5) is 45.0. The van der Waals surface area contributed by atoms with E-state index in [4.69, 9.17) is 0 Å². The molecular weight excluding hydrogens is 474 g/mol. The molecule has 2 rings (SSSR count). The van der Waals surface area contributed by atoms with Crippen molar-refractivity contribution in [1.82, 2.24) is 15.2 Å². The van der Waals surface area contributed by atoms with Gasteiger partial charge in [0.2, 0.25) is 5.91 Å². The number of hydrogen-bond acceptors (Lipinski definition) is 6. The Morgan fingerprint density at radius 3 is 2.67 bits per heavy atom. The van der Waals surface area contributed by atoms with E-state index in [1.165, 1.54) is 11.8 Å². The highest BCUT2D eigenvalue weighted by Gasteiger charge is 2.26. The number of rotatable bonds is 9. The minimum Gasteiger partial charge on any atom is -0.342 e. The van der Waals surface area contributed by atoms with Crippen molar-refractivity contribution in [2.45, 2.75) is 65.7 Å². The molecule has 1 aromatic heterocycles. The van der Waals surface area contributed by atoms with Gasteiger partial charge < -0.3 is 10.2 Å². The number of aromatic nitrogens is 1. The van der Waals surface area contributed by atoms with Crippen LogP contribution in [0.2, 0.25) is 0 Å². The van der Waals surface area contributed by atoms with Crippen molar-refractivity contribution in [3.05, 3.63) is 57.3 Å². The number of allylic oxidation sites excluding steroid dienone is 5. The lowest BCUT2D eigenvalue weighted by Gasteiger charge is -2.29. The minimum atomic E-state index is -0.348. The fourth-order valence-electron chi connectivity index (χ4n) is 3.66. The van der Waals surface area contributed by atoms with Crippen molar-refractivity contribution in [2.24, 2.45) is 0 Å². The van der Waals surface area contributed by atoms with Gasteiger partial charge in [-0.3, -0.25) is 14.5 Å². The van der Waals surface area contributed by atoms with E-state index in [-0.39, 0.29) is 29.4 Å². The lowest BCUT2D eigenvalue weighted by atomic mass is 10.0. The maximum absolute atomic E-state index is 13.2. The molecule has 0 atom stereocenters. The first-order valence-electron chi connectivity index (χ1n) is 12.0. The summed E-state index contributed by atoms with van der Waals surface area (Å²) in [5.74, 6) is 0.348. The van der Waals surface area contributed by atoms with Crippen molar-refractivity contribution in [3.8, 4) is 6.07 Å². The van der Waals surface area contributed by atoms with Crippen molar-refractivity contribution in [1.29, 1.82) is 5.26 Å². The van der Waals surface area contributed by atoms with E-state index >= 15 is 0 Å². The number of anilines is 1. The van der Waals surface area contributed by atoms with Gasteiger partial charge >= 0.3 is 6.03 Å². The highest BCUT2D eigenvalue weighted by molar-refractivity contribution is 8.03. The van der Waals surface area contributed by atoms with Crippen LogP contribution in [-0.2, 0) is 17.8 Å². The highest BCUT2D eigenvalue weighted by Crippen LogP contribution is 2.29. The van der Waals surface area contributed by atoms with Crippen molar-refractivity contribution in [3.63, 3.8) is 0 Å². The number of fused-ring (bicyclic) bond motifs is 1. The van der Waals surface area contributed by atoms with Gasteiger partial charge in [0.15, 0.2) is 6.29 Å². The number of nitrogens with zero attached hydrogens (tertiary/aromatic N) is 4. The number of aldehydes is 1. The Morgan fingerprint density at radius 1 is 1.36 bits per heavy atom. The second kappa shape index (κ2) is 13.6. The molecule has 1 N–H and O–H groups in total. The molecule has 1 aromatic rings. The smallest absolute Gasteiger partial charge is 0.327 e. The van der Waals surface area contributed by atoms with E-state index in [2.05, 4.69) is 16.4 Å². The van der Waals surface area contributed by atoms with E-state index in [0.717, 1.165) is 29.7 Å². The normalized spacial score (nSPS) is 14.3. The predicted molar refractivity (Wildman–Crippen MR) is 145 cm³/mol. The number of pyridine rings is 1. The van der Waals surface area contributed by atoms with Gasteiger partial charge in [-0.1, -0.05) is 26.8 Å². The summed E-state index contributed by atoms with van der Waals surface area (Å²) in [7, 11) is 1.67. The number of urea groups is 1. The number of nitrogens with one attached hydrogen (secondary N) is 1. The third-order valence-corrected chi connectivity index (χ3v) is 6.56. The van der Waals surface area contributed by atoms with Crippen LogP contribution in [0.15, 0.2) is 40.5 Å². The first kappa shape index (κ1) is 28.9. The number of thioether (sulfide) groups is 1. The molecule has 0 radical (unpaired) electrons. The summed E-state index contributed by atoms with van der Waals surface area (Å²) in [5.41, 5.74) is 2.89. The molecule has 1 aliphatic rings. The Bertz CT molecular complexity index is 1130. The fraction of sp³-hybridized carbons (Fsp3) is 0.444. The van der Waals surface area contributed by atoms with Crippen LogP contribution in [0.3, 0.4) is 0 Å². The summed E-state index contributed by atoms with van der Waals surface area (Å²) >= 11 is 1.56. The van der Waals surface area contributed by atoms with Crippen LogP contribution in [0.25, 0.3) is 0 Å². The molecule has 36 heavy (non-hydrogen) atoms. The summed E-state index contributed by atoms with van der Waals surface area (Å²) in [5, 5.41) is 12.8. The monoisotopic (exact) mass is 509 g/mol. The van der Waals surface area contributed by atoms with Crippen LogP contribution in [-0.4, -0.2) is 47.0 Å². The van der Waals surface area contributed by atoms with E-state index in [1.807, 2.05) is 45.1 Å². The van der Waals surface area contributed by atoms with Crippen molar-refractivity contribution >= 4 is 35.8 Å². The standard InChI is InChI=1S/C27H35N5O3S/c1-7-8-10-22(15-28)25(36-18(2)3)13-19(4)29-27(35)32-12-9-11-21-14-23(16-31(6)20(5)34)24(17-33)30-26(21)32/h8,10,13-14,17-18H,7,9,11-12,16H2,1-6H3,(H,29,35)/b10-8+,19-13+,25-22-. The topological polar surface area (TPSA) is 106 Å². The predicted octanol–water partition coefficient (Wildman–Crippen LogP) is 5.12. The summed E-state index contributed by atoms with van der Waals surface area (Å²) in [6.07, 6.45) is 8.52. The van der Waals surface area contributed by atoms with Gasteiger partial charge in [-0.2, -0.15) is 5.26 Å². The number of amides is 3. The molecule has 2 heterocycles. The number of carbonyl (C=O) groups excluding carboxylic acids is 3. The molecule has 0 spiro atoms. The maximum atomic E-state index is 13.2. The van der Waals surface area contributed by atoms with E-state index in [9.17, 15) is 19.6 Å². The van der Waals surface area contributed by atoms with Crippen molar-refractivity contribution < 1.29 is 14.4 Å². The largest absolute Gasteiger partial charge is 0.342 e. The Morgan fingerprint density at radius 2 is 2.08 bits per heavy atom. The summed E-state index contributed by atoms with van der Waals surface area (Å²) < 4.78 is 0. The van der Waals surface area contributed by atoms with Crippen LogP contribution < -0.4 is 10.2 Å². The van der Waals surface area contributed by atoms with E-state index < -0.39 is 0 Å². The lowest BCUT2D eigenvalue weighted by molar-refractivity contribution is -0.128. The first-order chi connectivity index (χ1) is 17.1. The van der Waals surface area contributed by atoms with Gasteiger partial charge in [-0.05, 0) is 50.0 Å². The van der Waals surface area contributed by atoms with Crippen LogP contribution in [0.1, 0.15) is 69.1 Å². The molecule has 0 unspecified atom stereocenters. The Kier molecular flexibility index (Phi) is 10.9. The molecule has 0 aliphatic carbocycles. The average Bonchev–Trinajstić information content (AvgIpc) is 2.82. The fourth-order valence-corrected chi connectivity index (χ4v) is 4.65. The van der Waals surface area contributed by atoms with Crippen LogP contribution in [0.5, 0.6) is 0 Å². The molecule has 0 saturated carbocycles. The summed E-state index contributed by atoms with van der Waals surface area (Å²) in [6, 6.07) is 3.77. The zero-order chi connectivity index (χ0) is 26.8. The van der Waals surface area contributed by atoms with Gasteiger partial charge in [-0.15, -0.1) is 11.8 Å². The molecule has 9 heteroatoms. The second-order valence-electron chi connectivity index (χ2n) is 8.89. The van der Waals surface area contributed by atoms with Crippen molar-refractivity contribution in [2.75, 3.05) is 18.5 Å². The number of carbonyl (C=O) groups is 3. The zero-order valence-electron chi connectivity index (χ0n) is 21.9. The number of hydrogen-bond donors (Lipinski definition) is 1. The molecule has 1 aliphatic heterocycles. The molecule has 0 bridgehead atoms. The summed E-state index contributed by atoms with van der Waals surface area (Å²) in [6.45, 7) is 10.1. The molecule has 8 nitrogen and oxygen atoms in total. The van der Waals surface area contributed by atoms with Crippen LogP contribution >= 0.6 is 11.8 Å². The molecule has 0 saturated heterocycles. The van der Waals surface area contributed by atoms with Crippen LogP contribution in [0.4, 0.5) is 10.6 Å². The quantitative estimate of drug-likeness (QED) is 0.281. The molecule has 192 valence electrons. The maximum Gasteiger partial charge on any atom is 0.327 e. The third kappa shape index (κ3) is 7.82. The second-order valence-corrected chi connectivity index (χ2v) is 10.5. The van der Waals surface area contributed by atoms with E-state index in [0.29, 0.717) is 35.5 Å². The molecule has 0 aromatic carbocycles. The lowest BCUT2D eigenvalue weighted by Crippen LogP contribution is -2.43. The Labute approximate surface area is 218 Å². The molecule has 0 fully saturated rings.